The van der Waals surface area contributed by atoms with Gasteiger partial charge in [-0.25, -0.2) is 9.97 Å². The minimum atomic E-state index is 0.512. The zero-order chi connectivity index (χ0) is 10.7. The summed E-state index contributed by atoms with van der Waals surface area (Å²) in [6.07, 6.45) is 8.77. The van der Waals surface area contributed by atoms with Crippen LogP contribution in [0, 0.1) is 0 Å². The van der Waals surface area contributed by atoms with E-state index in [0.29, 0.717) is 5.15 Å². The fourth-order valence-corrected chi connectivity index (χ4v) is 1.67. The zero-order valence-electron chi connectivity index (χ0n) is 8.52. The highest BCUT2D eigenvalue weighted by molar-refractivity contribution is 6.33. The molecule has 0 atom stereocenters. The third kappa shape index (κ3) is 2.02. The topological polar surface area (TPSA) is 30.7 Å². The Morgan fingerprint density at radius 2 is 2.27 bits per heavy atom. The maximum Gasteiger partial charge on any atom is 0.145 e. The Kier molecular flexibility index (Phi) is 3.02. The molecule has 0 unspecified atom stereocenters. The predicted octanol–water partition coefficient (Wildman–Crippen LogP) is 3.05. The number of rotatable bonds is 3. The lowest BCUT2D eigenvalue weighted by molar-refractivity contribution is 0.844. The van der Waals surface area contributed by atoms with Gasteiger partial charge in [0, 0.05) is 12.7 Å². The summed E-state index contributed by atoms with van der Waals surface area (Å²) in [5, 5.41) is 1.42. The molecule has 0 N–H and O–H groups in total. The van der Waals surface area contributed by atoms with Crippen molar-refractivity contribution in [3.8, 4) is 0 Å². The van der Waals surface area contributed by atoms with Gasteiger partial charge < -0.3 is 4.57 Å². The van der Waals surface area contributed by atoms with Crippen LogP contribution in [0.1, 0.15) is 13.3 Å². The number of aromatic nitrogens is 3. The summed E-state index contributed by atoms with van der Waals surface area (Å²) in [5.74, 6) is 0. The van der Waals surface area contributed by atoms with Crippen LogP contribution in [0.25, 0.3) is 11.0 Å². The van der Waals surface area contributed by atoms with E-state index in [2.05, 4.69) is 33.6 Å². The van der Waals surface area contributed by atoms with Crippen LogP contribution < -0.4 is 0 Å². The molecular formula is C11H12ClN3. The third-order valence-corrected chi connectivity index (χ3v) is 2.51. The predicted molar refractivity (Wildman–Crippen MR) is 62.0 cm³/mol. The summed E-state index contributed by atoms with van der Waals surface area (Å²) in [7, 11) is 0. The number of hydrogen-bond donors (Lipinski definition) is 0. The van der Waals surface area contributed by atoms with Crippen molar-refractivity contribution >= 4 is 22.6 Å². The smallest absolute Gasteiger partial charge is 0.145 e. The van der Waals surface area contributed by atoms with E-state index in [9.17, 15) is 0 Å². The van der Waals surface area contributed by atoms with Gasteiger partial charge in [0.2, 0.25) is 0 Å². The Hall–Kier alpha value is -1.35. The average molecular weight is 222 g/mol. The van der Waals surface area contributed by atoms with Gasteiger partial charge in [0.1, 0.15) is 17.1 Å². The van der Waals surface area contributed by atoms with E-state index in [4.69, 9.17) is 11.6 Å². The van der Waals surface area contributed by atoms with Gasteiger partial charge in [-0.05, 0) is 12.5 Å². The number of halogens is 1. The van der Waals surface area contributed by atoms with Crippen LogP contribution in [0.4, 0.5) is 0 Å². The lowest BCUT2D eigenvalue weighted by Crippen LogP contribution is -1.94. The summed E-state index contributed by atoms with van der Waals surface area (Å²) in [4.78, 5) is 8.15. The van der Waals surface area contributed by atoms with Gasteiger partial charge in [-0.15, -0.1) is 0 Å². The second kappa shape index (κ2) is 4.45. The van der Waals surface area contributed by atoms with Crippen molar-refractivity contribution in [1.29, 1.82) is 0 Å². The van der Waals surface area contributed by atoms with Crippen LogP contribution in [-0.4, -0.2) is 14.5 Å². The van der Waals surface area contributed by atoms with Crippen molar-refractivity contribution in [2.75, 3.05) is 0 Å². The second-order valence-corrected chi connectivity index (χ2v) is 3.61. The molecule has 0 saturated heterocycles. The molecule has 78 valence electrons. The Bertz CT molecular complexity index is 488. The Morgan fingerprint density at radius 3 is 3.07 bits per heavy atom. The first-order valence-corrected chi connectivity index (χ1v) is 5.31. The van der Waals surface area contributed by atoms with Crippen molar-refractivity contribution in [1.82, 2.24) is 14.5 Å². The van der Waals surface area contributed by atoms with Gasteiger partial charge in [-0.3, -0.25) is 0 Å². The van der Waals surface area contributed by atoms with Crippen molar-refractivity contribution in [3.05, 3.63) is 35.9 Å². The second-order valence-electron chi connectivity index (χ2n) is 3.25. The normalized spacial score (nSPS) is 11.6. The zero-order valence-corrected chi connectivity index (χ0v) is 9.28. The SMILES string of the molecule is CC/C=C/Cn1ccc2c(Cl)ncnc21. The van der Waals surface area contributed by atoms with E-state index >= 15 is 0 Å². The van der Waals surface area contributed by atoms with E-state index in [1.165, 1.54) is 6.33 Å². The first-order chi connectivity index (χ1) is 7.33. The minimum Gasteiger partial charge on any atom is -0.329 e. The molecule has 0 saturated carbocycles. The molecule has 2 aromatic rings. The molecule has 0 radical (unpaired) electrons. The number of hydrogen-bond acceptors (Lipinski definition) is 2. The largest absolute Gasteiger partial charge is 0.329 e. The summed E-state index contributed by atoms with van der Waals surface area (Å²) < 4.78 is 2.05. The van der Waals surface area contributed by atoms with Gasteiger partial charge in [0.05, 0.1) is 5.39 Å². The molecule has 4 heteroatoms. The molecular weight excluding hydrogens is 210 g/mol. The molecule has 0 bridgehead atoms. The van der Waals surface area contributed by atoms with Gasteiger partial charge in [-0.2, -0.15) is 0 Å². The molecule has 2 heterocycles. The number of allylic oxidation sites excluding steroid dienone is 2. The van der Waals surface area contributed by atoms with E-state index in [-0.39, 0.29) is 0 Å². The van der Waals surface area contributed by atoms with Crippen LogP contribution in [0.3, 0.4) is 0 Å². The van der Waals surface area contributed by atoms with E-state index in [1.54, 1.807) is 0 Å². The summed E-state index contributed by atoms with van der Waals surface area (Å²) in [6, 6.07) is 1.94. The highest BCUT2D eigenvalue weighted by Crippen LogP contribution is 2.19. The molecule has 0 fully saturated rings. The first-order valence-electron chi connectivity index (χ1n) is 4.93. The van der Waals surface area contributed by atoms with Gasteiger partial charge in [-0.1, -0.05) is 30.7 Å². The highest BCUT2D eigenvalue weighted by Gasteiger charge is 2.04. The molecule has 0 aliphatic carbocycles. The van der Waals surface area contributed by atoms with Gasteiger partial charge in [0.25, 0.3) is 0 Å². The van der Waals surface area contributed by atoms with Crippen LogP contribution >= 0.6 is 11.6 Å². The molecule has 2 aromatic heterocycles. The molecule has 0 aliphatic rings. The third-order valence-electron chi connectivity index (χ3n) is 2.21. The van der Waals surface area contributed by atoms with Gasteiger partial charge >= 0.3 is 0 Å². The average Bonchev–Trinajstić information content (AvgIpc) is 2.64. The maximum atomic E-state index is 5.95. The van der Waals surface area contributed by atoms with Crippen LogP contribution in [0.15, 0.2) is 30.7 Å². The van der Waals surface area contributed by atoms with Crippen molar-refractivity contribution in [2.24, 2.45) is 0 Å². The van der Waals surface area contributed by atoms with Gasteiger partial charge in [0.15, 0.2) is 0 Å². The Balaban J connectivity index is 2.37. The lowest BCUT2D eigenvalue weighted by Gasteiger charge is -1.99. The minimum absolute atomic E-state index is 0.512. The van der Waals surface area contributed by atoms with Crippen LogP contribution in [-0.2, 0) is 6.54 Å². The summed E-state index contributed by atoms with van der Waals surface area (Å²) >= 11 is 5.95. The molecule has 0 amide bonds. The molecule has 0 aromatic carbocycles. The summed E-state index contributed by atoms with van der Waals surface area (Å²) in [6.45, 7) is 2.94. The quantitative estimate of drug-likeness (QED) is 0.589. The summed E-state index contributed by atoms with van der Waals surface area (Å²) in [5.41, 5.74) is 0.885. The lowest BCUT2D eigenvalue weighted by atomic mass is 10.4. The number of fused-ring (bicyclic) bond motifs is 1. The highest BCUT2D eigenvalue weighted by atomic mass is 35.5. The van der Waals surface area contributed by atoms with E-state index < -0.39 is 0 Å². The first kappa shape index (κ1) is 10.2. The van der Waals surface area contributed by atoms with E-state index in [0.717, 1.165) is 24.0 Å². The Labute approximate surface area is 93.4 Å². The van der Waals surface area contributed by atoms with Crippen molar-refractivity contribution in [2.45, 2.75) is 19.9 Å². The van der Waals surface area contributed by atoms with Crippen molar-refractivity contribution in [3.63, 3.8) is 0 Å². The molecule has 0 aliphatic heterocycles. The molecule has 2 rings (SSSR count). The molecule has 0 spiro atoms. The molecule has 15 heavy (non-hydrogen) atoms. The maximum absolute atomic E-state index is 5.95. The number of nitrogens with zero attached hydrogens (tertiary/aromatic N) is 3. The van der Waals surface area contributed by atoms with Crippen molar-refractivity contribution < 1.29 is 0 Å². The fraction of sp³-hybridized carbons (Fsp3) is 0.273. The van der Waals surface area contributed by atoms with Crippen LogP contribution in [0.5, 0.6) is 0 Å². The molecule has 3 nitrogen and oxygen atoms in total. The van der Waals surface area contributed by atoms with Crippen LogP contribution in [0.2, 0.25) is 5.15 Å². The van der Waals surface area contributed by atoms with E-state index in [1.807, 2.05) is 12.3 Å². The monoisotopic (exact) mass is 221 g/mol. The standard InChI is InChI=1S/C11H12ClN3/c1-2-3-4-6-15-7-5-9-10(12)13-8-14-11(9)15/h3-5,7-8H,2,6H2,1H3/b4-3+. The fourth-order valence-electron chi connectivity index (χ4n) is 1.47. The Morgan fingerprint density at radius 1 is 1.40 bits per heavy atom.